The lowest BCUT2D eigenvalue weighted by atomic mass is 10.0. The van der Waals surface area contributed by atoms with Gasteiger partial charge in [-0.2, -0.15) is 13.2 Å². The Labute approximate surface area is 106 Å². The number of hydrogen-bond acceptors (Lipinski definition) is 4. The van der Waals surface area contributed by atoms with E-state index in [0.29, 0.717) is 5.01 Å². The van der Waals surface area contributed by atoms with E-state index >= 15 is 0 Å². The molecular formula is C10H13F3N2O2S. The Balaban J connectivity index is 2.71. The lowest BCUT2D eigenvalue weighted by Crippen LogP contribution is -2.45. The van der Waals surface area contributed by atoms with Gasteiger partial charge in [-0.3, -0.25) is 4.79 Å². The molecule has 1 rings (SSSR count). The van der Waals surface area contributed by atoms with Crippen LogP contribution in [0.15, 0.2) is 11.6 Å². The van der Waals surface area contributed by atoms with Gasteiger partial charge in [-0.05, 0) is 13.8 Å². The van der Waals surface area contributed by atoms with Crippen LogP contribution in [-0.4, -0.2) is 28.8 Å². The molecule has 102 valence electrons. The minimum Gasteiger partial charge on any atom is -0.481 e. The second-order valence-electron chi connectivity index (χ2n) is 4.28. The number of alkyl halides is 3. The molecule has 1 heterocycles. The van der Waals surface area contributed by atoms with Crippen LogP contribution in [0.1, 0.15) is 18.9 Å². The Morgan fingerprint density at radius 3 is 2.56 bits per heavy atom. The first kappa shape index (κ1) is 14.9. The quantitative estimate of drug-likeness (QED) is 0.869. The van der Waals surface area contributed by atoms with Gasteiger partial charge in [0.1, 0.15) is 5.01 Å². The molecule has 0 aliphatic heterocycles. The van der Waals surface area contributed by atoms with Crippen LogP contribution in [0, 0.1) is 5.92 Å². The number of carboxylic acids is 1. The number of thiazole rings is 1. The normalized spacial score (nSPS) is 14.5. The molecular weight excluding hydrogens is 269 g/mol. The van der Waals surface area contributed by atoms with Gasteiger partial charge in [0.15, 0.2) is 5.92 Å². The van der Waals surface area contributed by atoms with Crippen molar-refractivity contribution < 1.29 is 23.1 Å². The fraction of sp³-hybridized carbons (Fsp3) is 0.600. The molecule has 18 heavy (non-hydrogen) atoms. The minimum atomic E-state index is -4.77. The Bertz CT molecular complexity index is 404. The van der Waals surface area contributed by atoms with E-state index in [0.717, 1.165) is 0 Å². The van der Waals surface area contributed by atoms with Gasteiger partial charge < -0.3 is 10.4 Å². The van der Waals surface area contributed by atoms with E-state index in [2.05, 4.69) is 10.3 Å². The summed E-state index contributed by atoms with van der Waals surface area (Å²) in [5.41, 5.74) is -0.798. The molecule has 0 saturated carbocycles. The number of carboxylic acid groups (broad SMARTS) is 1. The van der Waals surface area contributed by atoms with Gasteiger partial charge >= 0.3 is 12.1 Å². The summed E-state index contributed by atoms with van der Waals surface area (Å²) < 4.78 is 37.4. The summed E-state index contributed by atoms with van der Waals surface area (Å²) in [5, 5.41) is 13.5. The van der Waals surface area contributed by atoms with Crippen molar-refractivity contribution in [2.75, 3.05) is 6.54 Å². The van der Waals surface area contributed by atoms with Crippen LogP contribution in [0.4, 0.5) is 13.2 Å². The summed E-state index contributed by atoms with van der Waals surface area (Å²) in [4.78, 5) is 14.6. The molecule has 1 unspecified atom stereocenters. The third kappa shape index (κ3) is 3.67. The van der Waals surface area contributed by atoms with Crippen LogP contribution in [0.5, 0.6) is 0 Å². The van der Waals surface area contributed by atoms with E-state index in [1.54, 1.807) is 25.4 Å². The summed E-state index contributed by atoms with van der Waals surface area (Å²) in [7, 11) is 0. The van der Waals surface area contributed by atoms with Gasteiger partial charge in [-0.1, -0.05) is 0 Å². The predicted octanol–water partition coefficient (Wildman–Crippen LogP) is 2.23. The number of carbonyl (C=O) groups is 1. The third-order valence-electron chi connectivity index (χ3n) is 2.41. The molecule has 4 nitrogen and oxygen atoms in total. The molecule has 0 saturated heterocycles. The monoisotopic (exact) mass is 282 g/mol. The molecule has 0 aliphatic carbocycles. The molecule has 0 aliphatic rings. The Morgan fingerprint density at radius 2 is 2.17 bits per heavy atom. The van der Waals surface area contributed by atoms with E-state index in [4.69, 9.17) is 5.11 Å². The maximum absolute atomic E-state index is 12.5. The average Bonchev–Trinajstić information content (AvgIpc) is 2.67. The molecule has 0 amide bonds. The van der Waals surface area contributed by atoms with Crippen molar-refractivity contribution in [2.45, 2.75) is 25.6 Å². The highest BCUT2D eigenvalue weighted by Crippen LogP contribution is 2.28. The smallest absolute Gasteiger partial charge is 0.403 e. The molecule has 0 radical (unpaired) electrons. The number of aromatic nitrogens is 1. The molecule has 8 heteroatoms. The minimum absolute atomic E-state index is 0.605. The number of aliphatic carboxylic acids is 1. The van der Waals surface area contributed by atoms with Gasteiger partial charge in [-0.25, -0.2) is 4.98 Å². The second kappa shape index (κ2) is 5.23. The van der Waals surface area contributed by atoms with Crippen molar-refractivity contribution in [2.24, 2.45) is 5.92 Å². The van der Waals surface area contributed by atoms with Crippen LogP contribution in [-0.2, 0) is 10.3 Å². The summed E-state index contributed by atoms with van der Waals surface area (Å²) >= 11 is 1.30. The van der Waals surface area contributed by atoms with Crippen LogP contribution in [0.25, 0.3) is 0 Å². The van der Waals surface area contributed by atoms with Crippen molar-refractivity contribution in [1.82, 2.24) is 10.3 Å². The molecule has 1 aromatic heterocycles. The summed E-state index contributed by atoms with van der Waals surface area (Å²) in [6, 6.07) is 0. The SMILES string of the molecule is CC(C)(NCC(C(=O)O)C(F)(F)F)c1nccs1. The zero-order valence-corrected chi connectivity index (χ0v) is 10.6. The van der Waals surface area contributed by atoms with Gasteiger partial charge in [0.25, 0.3) is 0 Å². The standard InChI is InChI=1S/C10H13F3N2O2S/c1-9(2,8-14-3-4-18-8)15-5-6(7(16)17)10(11,12)13/h3-4,6,15H,5H2,1-2H3,(H,16,17). The number of hydrogen-bond donors (Lipinski definition) is 2. The number of nitrogens with one attached hydrogen (secondary N) is 1. The van der Waals surface area contributed by atoms with Gasteiger partial charge in [-0.15, -0.1) is 11.3 Å². The summed E-state index contributed by atoms with van der Waals surface area (Å²) in [6.45, 7) is 2.62. The number of nitrogens with zero attached hydrogens (tertiary/aromatic N) is 1. The maximum atomic E-state index is 12.5. The van der Waals surface area contributed by atoms with Crippen LogP contribution >= 0.6 is 11.3 Å². The highest BCUT2D eigenvalue weighted by Gasteiger charge is 2.45. The van der Waals surface area contributed by atoms with Crippen LogP contribution in [0.2, 0.25) is 0 Å². The molecule has 0 bridgehead atoms. The molecule has 2 N–H and O–H groups in total. The fourth-order valence-corrected chi connectivity index (χ4v) is 2.05. The first-order chi connectivity index (χ1) is 8.14. The van der Waals surface area contributed by atoms with Crippen molar-refractivity contribution in [3.63, 3.8) is 0 Å². The highest BCUT2D eigenvalue weighted by atomic mass is 32.1. The zero-order valence-electron chi connectivity index (χ0n) is 9.78. The largest absolute Gasteiger partial charge is 0.481 e. The Hall–Kier alpha value is -1.15. The lowest BCUT2D eigenvalue weighted by Gasteiger charge is -2.26. The van der Waals surface area contributed by atoms with Crippen LogP contribution < -0.4 is 5.32 Å². The first-order valence-corrected chi connectivity index (χ1v) is 5.97. The van der Waals surface area contributed by atoms with E-state index in [1.807, 2.05) is 0 Å². The van der Waals surface area contributed by atoms with Crippen molar-refractivity contribution in [1.29, 1.82) is 0 Å². The van der Waals surface area contributed by atoms with E-state index < -0.39 is 30.1 Å². The van der Waals surface area contributed by atoms with Crippen LogP contribution in [0.3, 0.4) is 0 Å². The molecule has 0 fully saturated rings. The van der Waals surface area contributed by atoms with Gasteiger partial charge in [0.05, 0.1) is 5.54 Å². The summed E-state index contributed by atoms with van der Waals surface area (Å²) in [5.74, 6) is -4.30. The average molecular weight is 282 g/mol. The molecule has 1 aromatic rings. The van der Waals surface area contributed by atoms with Crippen molar-refractivity contribution in [3.8, 4) is 0 Å². The first-order valence-electron chi connectivity index (χ1n) is 5.09. The maximum Gasteiger partial charge on any atom is 0.403 e. The van der Waals surface area contributed by atoms with Gasteiger partial charge in [0, 0.05) is 18.1 Å². The van der Waals surface area contributed by atoms with E-state index in [9.17, 15) is 18.0 Å². The number of rotatable bonds is 5. The van der Waals surface area contributed by atoms with Gasteiger partial charge in [0.2, 0.25) is 0 Å². The summed E-state index contributed by atoms with van der Waals surface area (Å²) in [6.07, 6.45) is -3.22. The molecule has 0 spiro atoms. The topological polar surface area (TPSA) is 62.2 Å². The van der Waals surface area contributed by atoms with Crippen molar-refractivity contribution in [3.05, 3.63) is 16.6 Å². The second-order valence-corrected chi connectivity index (χ2v) is 5.17. The molecule has 0 aromatic carbocycles. The fourth-order valence-electron chi connectivity index (χ4n) is 1.31. The Kier molecular flexibility index (Phi) is 4.33. The third-order valence-corrected chi connectivity index (χ3v) is 3.51. The van der Waals surface area contributed by atoms with E-state index in [1.165, 1.54) is 11.3 Å². The Morgan fingerprint density at radius 1 is 1.56 bits per heavy atom. The highest BCUT2D eigenvalue weighted by molar-refractivity contribution is 7.09. The van der Waals surface area contributed by atoms with E-state index in [-0.39, 0.29) is 0 Å². The molecule has 1 atom stereocenters. The lowest BCUT2D eigenvalue weighted by molar-refractivity contribution is -0.193. The number of halogens is 3. The van der Waals surface area contributed by atoms with Crippen molar-refractivity contribution >= 4 is 17.3 Å². The predicted molar refractivity (Wildman–Crippen MR) is 60.3 cm³/mol. The zero-order chi connectivity index (χ0) is 14.0.